The standard InChI is InChI=1S/C26H23ClN6O2/c1-17(2)32(16-24-29-30-25(35-24)19-11-13-21(27)14-12-19)26(34)20-9-7-18(8-10-20)15-33-23-6-4-3-5-22(23)28-31-33/h3-14,17H,15-16H2,1-2H3. The van der Waals surface area contributed by atoms with E-state index in [4.69, 9.17) is 16.0 Å². The Bertz CT molecular complexity index is 1460. The molecule has 2 aromatic heterocycles. The number of benzene rings is 3. The van der Waals surface area contributed by atoms with Crippen LogP contribution in [0.25, 0.3) is 22.5 Å². The summed E-state index contributed by atoms with van der Waals surface area (Å²) in [5.74, 6) is 0.647. The molecule has 35 heavy (non-hydrogen) atoms. The lowest BCUT2D eigenvalue weighted by Gasteiger charge is -2.25. The monoisotopic (exact) mass is 486 g/mol. The van der Waals surface area contributed by atoms with Gasteiger partial charge in [-0.1, -0.05) is 41.1 Å². The van der Waals surface area contributed by atoms with E-state index in [0.29, 0.717) is 28.9 Å². The largest absolute Gasteiger partial charge is 0.419 e. The summed E-state index contributed by atoms with van der Waals surface area (Å²) in [6, 6.07) is 22.5. The Labute approximate surface area is 207 Å². The zero-order chi connectivity index (χ0) is 24.4. The van der Waals surface area contributed by atoms with Crippen LogP contribution >= 0.6 is 11.6 Å². The Morgan fingerprint density at radius 1 is 0.971 bits per heavy atom. The lowest BCUT2D eigenvalue weighted by molar-refractivity contribution is 0.0672. The normalized spacial score (nSPS) is 11.3. The second-order valence-corrected chi connectivity index (χ2v) is 8.90. The van der Waals surface area contributed by atoms with E-state index in [1.54, 1.807) is 17.0 Å². The number of hydrogen-bond donors (Lipinski definition) is 0. The fourth-order valence-electron chi connectivity index (χ4n) is 3.79. The van der Waals surface area contributed by atoms with Gasteiger partial charge in [0.1, 0.15) is 5.52 Å². The molecule has 0 atom stereocenters. The summed E-state index contributed by atoms with van der Waals surface area (Å²) < 4.78 is 7.66. The van der Waals surface area contributed by atoms with Gasteiger partial charge in [-0.15, -0.1) is 15.3 Å². The minimum Gasteiger partial charge on any atom is -0.419 e. The van der Waals surface area contributed by atoms with Crippen molar-refractivity contribution < 1.29 is 9.21 Å². The first-order valence-corrected chi connectivity index (χ1v) is 11.6. The number of amides is 1. The lowest BCUT2D eigenvalue weighted by atomic mass is 10.1. The molecule has 2 heterocycles. The van der Waals surface area contributed by atoms with Gasteiger partial charge >= 0.3 is 0 Å². The Hall–Kier alpha value is -4.04. The van der Waals surface area contributed by atoms with Crippen molar-refractivity contribution in [1.82, 2.24) is 30.1 Å². The Morgan fingerprint density at radius 3 is 2.46 bits per heavy atom. The highest BCUT2D eigenvalue weighted by molar-refractivity contribution is 6.30. The average Bonchev–Trinajstić information content (AvgIpc) is 3.50. The summed E-state index contributed by atoms with van der Waals surface area (Å²) in [7, 11) is 0. The van der Waals surface area contributed by atoms with Gasteiger partial charge in [-0.05, 0) is 67.9 Å². The number of rotatable bonds is 7. The van der Waals surface area contributed by atoms with Crippen molar-refractivity contribution in [1.29, 1.82) is 0 Å². The van der Waals surface area contributed by atoms with Gasteiger partial charge in [0.05, 0.1) is 18.6 Å². The van der Waals surface area contributed by atoms with Crippen molar-refractivity contribution >= 4 is 28.5 Å². The van der Waals surface area contributed by atoms with Crippen LogP contribution in [0.2, 0.25) is 5.02 Å². The van der Waals surface area contributed by atoms with Crippen LogP contribution in [0.4, 0.5) is 0 Å². The predicted molar refractivity (Wildman–Crippen MR) is 133 cm³/mol. The molecule has 3 aromatic carbocycles. The van der Waals surface area contributed by atoms with E-state index < -0.39 is 0 Å². The summed E-state index contributed by atoms with van der Waals surface area (Å²) in [5.41, 5.74) is 4.20. The molecule has 0 spiro atoms. The van der Waals surface area contributed by atoms with Crippen LogP contribution < -0.4 is 0 Å². The van der Waals surface area contributed by atoms with Crippen LogP contribution in [0.5, 0.6) is 0 Å². The van der Waals surface area contributed by atoms with Crippen LogP contribution in [-0.4, -0.2) is 42.0 Å². The van der Waals surface area contributed by atoms with E-state index >= 15 is 0 Å². The predicted octanol–water partition coefficient (Wildman–Crippen LogP) is 5.23. The van der Waals surface area contributed by atoms with Crippen LogP contribution in [0, 0.1) is 0 Å². The summed E-state index contributed by atoms with van der Waals surface area (Å²) in [6.07, 6.45) is 0. The maximum atomic E-state index is 13.3. The minimum atomic E-state index is -0.107. The molecule has 0 aliphatic carbocycles. The van der Waals surface area contributed by atoms with Crippen molar-refractivity contribution in [2.45, 2.75) is 33.0 Å². The van der Waals surface area contributed by atoms with E-state index in [1.807, 2.05) is 79.2 Å². The minimum absolute atomic E-state index is 0.0606. The molecule has 5 aromatic rings. The van der Waals surface area contributed by atoms with Crippen molar-refractivity contribution in [2.24, 2.45) is 0 Å². The second-order valence-electron chi connectivity index (χ2n) is 8.47. The number of carbonyl (C=O) groups excluding carboxylic acids is 1. The van der Waals surface area contributed by atoms with Gasteiger partial charge in [-0.2, -0.15) is 0 Å². The smallest absolute Gasteiger partial charge is 0.254 e. The molecule has 0 N–H and O–H groups in total. The molecule has 0 bridgehead atoms. The fourth-order valence-corrected chi connectivity index (χ4v) is 3.91. The maximum absolute atomic E-state index is 13.3. The second kappa shape index (κ2) is 9.68. The number of fused-ring (bicyclic) bond motifs is 1. The first-order chi connectivity index (χ1) is 17.0. The van der Waals surface area contributed by atoms with Crippen LogP contribution in [-0.2, 0) is 13.1 Å². The number of hydrogen-bond acceptors (Lipinski definition) is 6. The average molecular weight is 487 g/mol. The summed E-state index contributed by atoms with van der Waals surface area (Å²) in [6.45, 7) is 4.69. The van der Waals surface area contributed by atoms with Crippen LogP contribution in [0.1, 0.15) is 35.7 Å². The van der Waals surface area contributed by atoms with Crippen molar-refractivity contribution in [3.05, 3.63) is 94.8 Å². The van der Waals surface area contributed by atoms with E-state index in [0.717, 1.165) is 22.2 Å². The fraction of sp³-hybridized carbons (Fsp3) is 0.192. The lowest BCUT2D eigenvalue weighted by Crippen LogP contribution is -2.36. The maximum Gasteiger partial charge on any atom is 0.254 e. The molecule has 0 aliphatic rings. The SMILES string of the molecule is CC(C)N(Cc1nnc(-c2ccc(Cl)cc2)o1)C(=O)c1ccc(Cn2nnc3ccccc32)cc1. The summed E-state index contributed by atoms with van der Waals surface area (Å²) in [4.78, 5) is 15.0. The highest BCUT2D eigenvalue weighted by Crippen LogP contribution is 2.22. The van der Waals surface area contributed by atoms with Gasteiger partial charge in [-0.25, -0.2) is 4.68 Å². The first kappa shape index (κ1) is 22.7. The number of nitrogens with zero attached hydrogens (tertiary/aromatic N) is 6. The van der Waals surface area contributed by atoms with Crippen molar-refractivity contribution in [3.8, 4) is 11.5 Å². The third-order valence-electron chi connectivity index (χ3n) is 5.70. The van der Waals surface area contributed by atoms with E-state index in [1.165, 1.54) is 0 Å². The van der Waals surface area contributed by atoms with E-state index in [-0.39, 0.29) is 18.5 Å². The molecule has 8 nitrogen and oxygen atoms in total. The molecule has 0 saturated carbocycles. The molecule has 5 rings (SSSR count). The van der Waals surface area contributed by atoms with E-state index in [9.17, 15) is 4.79 Å². The van der Waals surface area contributed by atoms with E-state index in [2.05, 4.69) is 20.5 Å². The van der Waals surface area contributed by atoms with Gasteiger partial charge < -0.3 is 9.32 Å². The summed E-state index contributed by atoms with van der Waals surface area (Å²) >= 11 is 5.95. The third kappa shape index (κ3) is 4.93. The number of halogens is 1. The van der Waals surface area contributed by atoms with Gasteiger partial charge in [-0.3, -0.25) is 4.79 Å². The molecular weight excluding hydrogens is 464 g/mol. The van der Waals surface area contributed by atoms with Gasteiger partial charge in [0, 0.05) is 22.2 Å². The Balaban J connectivity index is 1.30. The molecule has 0 unspecified atom stereocenters. The summed E-state index contributed by atoms with van der Waals surface area (Å²) in [5, 5.41) is 17.3. The quantitative estimate of drug-likeness (QED) is 0.313. The first-order valence-electron chi connectivity index (χ1n) is 11.2. The Kier molecular flexibility index (Phi) is 6.29. The van der Waals surface area contributed by atoms with Gasteiger partial charge in [0.15, 0.2) is 0 Å². The molecule has 0 fully saturated rings. The molecular formula is C26H23ClN6O2. The van der Waals surface area contributed by atoms with Crippen molar-refractivity contribution in [3.63, 3.8) is 0 Å². The van der Waals surface area contributed by atoms with Gasteiger partial charge in [0.2, 0.25) is 11.8 Å². The number of carbonyl (C=O) groups is 1. The molecule has 0 aliphatic heterocycles. The van der Waals surface area contributed by atoms with Gasteiger partial charge in [0.25, 0.3) is 5.91 Å². The molecule has 9 heteroatoms. The molecule has 0 radical (unpaired) electrons. The number of para-hydroxylation sites is 1. The van der Waals surface area contributed by atoms with Crippen LogP contribution in [0.15, 0.2) is 77.2 Å². The van der Waals surface area contributed by atoms with Crippen molar-refractivity contribution in [2.75, 3.05) is 0 Å². The third-order valence-corrected chi connectivity index (χ3v) is 5.95. The molecule has 1 amide bonds. The highest BCUT2D eigenvalue weighted by Gasteiger charge is 2.22. The highest BCUT2D eigenvalue weighted by atomic mass is 35.5. The zero-order valence-electron chi connectivity index (χ0n) is 19.3. The number of aromatic nitrogens is 5. The van der Waals surface area contributed by atoms with Crippen LogP contribution in [0.3, 0.4) is 0 Å². The Morgan fingerprint density at radius 2 is 1.71 bits per heavy atom. The molecule has 176 valence electrons. The topological polar surface area (TPSA) is 89.9 Å². The molecule has 0 saturated heterocycles. The zero-order valence-corrected chi connectivity index (χ0v) is 20.1.